The largest absolute Gasteiger partial charge is 0.459 e. The third-order valence-electron chi connectivity index (χ3n) is 2.79. The Morgan fingerprint density at radius 3 is 2.14 bits per heavy atom. The fraction of sp³-hybridized carbons (Fsp3) is 0.389. The maximum absolute atomic E-state index is 12.2. The molecule has 0 aliphatic heterocycles. The van der Waals surface area contributed by atoms with Gasteiger partial charge in [0, 0.05) is 0 Å². The van der Waals surface area contributed by atoms with Crippen LogP contribution in [0.25, 0.3) is 0 Å². The number of carbonyl (C=O) groups excluding carboxylic acids is 1. The summed E-state index contributed by atoms with van der Waals surface area (Å²) < 4.78 is 11.0. The van der Waals surface area contributed by atoms with E-state index in [0.717, 1.165) is 16.7 Å². The zero-order chi connectivity index (χ0) is 15.7. The Hall–Kier alpha value is -1.87. The van der Waals surface area contributed by atoms with Crippen molar-refractivity contribution in [2.75, 3.05) is 13.2 Å². The topological polar surface area (TPSA) is 35.5 Å². The lowest BCUT2D eigenvalue weighted by atomic mass is 10.1. The molecule has 1 aromatic rings. The van der Waals surface area contributed by atoms with Crippen molar-refractivity contribution in [1.29, 1.82) is 0 Å². The van der Waals surface area contributed by atoms with Crippen molar-refractivity contribution in [3.8, 4) is 0 Å². The third kappa shape index (κ3) is 6.91. The standard InChI is InChI=1S/C18H24O3/c1-14(2)10-12-20-17(16-8-6-5-7-9-16)18(19)21-13-11-15(3)4/h5-11,17H,12-13H2,1-4H3/t17-/m1/s1. The van der Waals surface area contributed by atoms with E-state index < -0.39 is 6.10 Å². The van der Waals surface area contributed by atoms with E-state index in [4.69, 9.17) is 9.47 Å². The van der Waals surface area contributed by atoms with E-state index in [1.54, 1.807) is 0 Å². The molecule has 21 heavy (non-hydrogen) atoms. The van der Waals surface area contributed by atoms with Gasteiger partial charge in [-0.15, -0.1) is 0 Å². The van der Waals surface area contributed by atoms with Gasteiger partial charge in [-0.1, -0.05) is 47.6 Å². The molecular weight excluding hydrogens is 264 g/mol. The molecule has 3 heteroatoms. The van der Waals surface area contributed by atoms with Crippen LogP contribution in [0.4, 0.5) is 0 Å². The van der Waals surface area contributed by atoms with Crippen LogP contribution in [-0.4, -0.2) is 19.2 Å². The summed E-state index contributed by atoms with van der Waals surface area (Å²) in [5.41, 5.74) is 3.08. The first-order valence-corrected chi connectivity index (χ1v) is 7.10. The molecule has 1 aromatic carbocycles. The minimum absolute atomic E-state index is 0.274. The highest BCUT2D eigenvalue weighted by Gasteiger charge is 2.22. The van der Waals surface area contributed by atoms with E-state index in [1.807, 2.05) is 70.2 Å². The average molecular weight is 288 g/mol. The van der Waals surface area contributed by atoms with Gasteiger partial charge in [0.25, 0.3) is 0 Å². The average Bonchev–Trinajstić information content (AvgIpc) is 2.43. The molecule has 0 saturated carbocycles. The summed E-state index contributed by atoms with van der Waals surface area (Å²) >= 11 is 0. The second-order valence-electron chi connectivity index (χ2n) is 5.32. The number of ether oxygens (including phenoxy) is 2. The van der Waals surface area contributed by atoms with Crippen LogP contribution in [0.5, 0.6) is 0 Å². The van der Waals surface area contributed by atoms with Gasteiger partial charge in [-0.3, -0.25) is 0 Å². The minimum Gasteiger partial charge on any atom is -0.459 e. The van der Waals surface area contributed by atoms with Crippen LogP contribution in [0.15, 0.2) is 53.6 Å². The molecule has 1 atom stereocenters. The van der Waals surface area contributed by atoms with E-state index in [9.17, 15) is 4.79 Å². The Morgan fingerprint density at radius 2 is 1.57 bits per heavy atom. The van der Waals surface area contributed by atoms with Gasteiger partial charge in [0.05, 0.1) is 6.61 Å². The molecular formula is C18H24O3. The van der Waals surface area contributed by atoms with Crippen molar-refractivity contribution < 1.29 is 14.3 Å². The quantitative estimate of drug-likeness (QED) is 0.556. The van der Waals surface area contributed by atoms with Crippen LogP contribution in [0, 0.1) is 0 Å². The van der Waals surface area contributed by atoms with Crippen LogP contribution in [0.1, 0.15) is 39.4 Å². The zero-order valence-corrected chi connectivity index (χ0v) is 13.3. The van der Waals surface area contributed by atoms with Gasteiger partial charge in [0.2, 0.25) is 0 Å². The summed E-state index contributed by atoms with van der Waals surface area (Å²) in [6.07, 6.45) is 3.13. The lowest BCUT2D eigenvalue weighted by molar-refractivity contribution is -0.155. The fourth-order valence-corrected chi connectivity index (χ4v) is 1.61. The van der Waals surface area contributed by atoms with Gasteiger partial charge in [0.15, 0.2) is 6.10 Å². The highest BCUT2D eigenvalue weighted by Crippen LogP contribution is 2.19. The Kier molecular flexibility index (Phi) is 7.48. The van der Waals surface area contributed by atoms with Crippen LogP contribution < -0.4 is 0 Å². The number of benzene rings is 1. The molecule has 0 N–H and O–H groups in total. The van der Waals surface area contributed by atoms with Crippen molar-refractivity contribution in [2.24, 2.45) is 0 Å². The third-order valence-corrected chi connectivity index (χ3v) is 2.79. The zero-order valence-electron chi connectivity index (χ0n) is 13.3. The second-order valence-corrected chi connectivity index (χ2v) is 5.32. The van der Waals surface area contributed by atoms with Gasteiger partial charge in [-0.05, 0) is 39.3 Å². The molecule has 0 aliphatic carbocycles. The summed E-state index contributed by atoms with van der Waals surface area (Å²) in [5.74, 6) is -0.360. The molecule has 0 aliphatic rings. The van der Waals surface area contributed by atoms with Gasteiger partial charge in [0.1, 0.15) is 6.61 Å². The van der Waals surface area contributed by atoms with Crippen LogP contribution in [0.3, 0.4) is 0 Å². The van der Waals surface area contributed by atoms with Gasteiger partial charge >= 0.3 is 5.97 Å². The van der Waals surface area contributed by atoms with E-state index >= 15 is 0 Å². The summed E-state index contributed by atoms with van der Waals surface area (Å²) in [7, 11) is 0. The van der Waals surface area contributed by atoms with Crippen molar-refractivity contribution >= 4 is 5.97 Å². The normalized spacial score (nSPS) is 11.4. The van der Waals surface area contributed by atoms with Crippen molar-refractivity contribution in [2.45, 2.75) is 33.8 Å². The van der Waals surface area contributed by atoms with Gasteiger partial charge in [-0.2, -0.15) is 0 Å². The predicted octanol–water partition coefficient (Wildman–Crippen LogP) is 4.22. The lowest BCUT2D eigenvalue weighted by Gasteiger charge is -2.16. The molecule has 1 rings (SSSR count). The summed E-state index contributed by atoms with van der Waals surface area (Å²) in [6, 6.07) is 9.42. The number of esters is 1. The summed E-state index contributed by atoms with van der Waals surface area (Å²) in [6.45, 7) is 8.58. The number of rotatable bonds is 7. The lowest BCUT2D eigenvalue weighted by Crippen LogP contribution is -2.19. The molecule has 0 amide bonds. The predicted molar refractivity (Wildman–Crippen MR) is 85.0 cm³/mol. The van der Waals surface area contributed by atoms with Crippen molar-refractivity contribution in [1.82, 2.24) is 0 Å². The fourth-order valence-electron chi connectivity index (χ4n) is 1.61. The highest BCUT2D eigenvalue weighted by molar-refractivity contribution is 5.76. The molecule has 0 heterocycles. The molecule has 114 valence electrons. The Bertz CT molecular complexity index is 492. The Morgan fingerprint density at radius 1 is 1.00 bits per heavy atom. The molecule has 0 aromatic heterocycles. The van der Waals surface area contributed by atoms with Gasteiger partial charge in [-0.25, -0.2) is 4.79 Å². The monoisotopic (exact) mass is 288 g/mol. The first kappa shape index (κ1) is 17.2. The highest BCUT2D eigenvalue weighted by atomic mass is 16.6. The first-order chi connectivity index (χ1) is 10.0. The molecule has 0 fully saturated rings. The minimum atomic E-state index is -0.688. The van der Waals surface area contributed by atoms with E-state index in [1.165, 1.54) is 0 Å². The molecule has 0 saturated heterocycles. The Labute approximate surface area is 127 Å². The van der Waals surface area contributed by atoms with Crippen LogP contribution >= 0.6 is 0 Å². The molecule has 0 radical (unpaired) electrons. The number of carbonyl (C=O) groups is 1. The second kappa shape index (κ2) is 9.14. The summed E-state index contributed by atoms with van der Waals surface area (Å²) in [5, 5.41) is 0. The smallest absolute Gasteiger partial charge is 0.340 e. The maximum Gasteiger partial charge on any atom is 0.340 e. The van der Waals surface area contributed by atoms with E-state index in [-0.39, 0.29) is 12.6 Å². The number of hydrogen-bond donors (Lipinski definition) is 0. The molecule has 0 unspecified atom stereocenters. The first-order valence-electron chi connectivity index (χ1n) is 7.10. The number of allylic oxidation sites excluding steroid dienone is 2. The van der Waals surface area contributed by atoms with E-state index in [0.29, 0.717) is 6.61 Å². The van der Waals surface area contributed by atoms with Crippen molar-refractivity contribution in [3.05, 3.63) is 59.2 Å². The van der Waals surface area contributed by atoms with Gasteiger partial charge < -0.3 is 9.47 Å². The van der Waals surface area contributed by atoms with Crippen LogP contribution in [-0.2, 0) is 14.3 Å². The SMILES string of the molecule is CC(C)=CCOC(=O)[C@H](OCC=C(C)C)c1ccccc1. The molecule has 0 bridgehead atoms. The molecule has 3 nitrogen and oxygen atoms in total. The van der Waals surface area contributed by atoms with E-state index in [2.05, 4.69) is 0 Å². The molecule has 0 spiro atoms. The maximum atomic E-state index is 12.2. The Balaban J connectivity index is 2.74. The summed E-state index contributed by atoms with van der Waals surface area (Å²) in [4.78, 5) is 12.2. The van der Waals surface area contributed by atoms with Crippen molar-refractivity contribution in [3.63, 3.8) is 0 Å². The van der Waals surface area contributed by atoms with Crippen LogP contribution in [0.2, 0.25) is 0 Å². The number of hydrogen-bond acceptors (Lipinski definition) is 3.